The van der Waals surface area contributed by atoms with Gasteiger partial charge < -0.3 is 4.74 Å². The van der Waals surface area contributed by atoms with Crippen molar-refractivity contribution in [2.45, 2.75) is 19.8 Å². The number of aryl methyl sites for hydroxylation is 2. The lowest BCUT2D eigenvalue weighted by Gasteiger charge is -2.01. The van der Waals surface area contributed by atoms with Crippen LogP contribution < -0.4 is 0 Å². The summed E-state index contributed by atoms with van der Waals surface area (Å²) in [5.41, 5.74) is 2.81. The predicted molar refractivity (Wildman–Crippen MR) is 87.4 cm³/mol. The molecular formula is C19H16FNO2. The van der Waals surface area contributed by atoms with Crippen molar-refractivity contribution in [1.29, 1.82) is 0 Å². The Labute approximate surface area is 134 Å². The van der Waals surface area contributed by atoms with E-state index < -0.39 is 11.8 Å². The van der Waals surface area contributed by atoms with Crippen LogP contribution in [0.3, 0.4) is 0 Å². The van der Waals surface area contributed by atoms with E-state index in [9.17, 15) is 9.18 Å². The molecule has 0 bridgehead atoms. The summed E-state index contributed by atoms with van der Waals surface area (Å²) >= 11 is 0. The van der Waals surface area contributed by atoms with Crippen LogP contribution in [-0.4, -0.2) is 11.9 Å². The standard InChI is InChI=1S/C19H16FNO2/c1-13-6-8-14(9-7-13)10-11-18-21-17(19(22)23-18)12-15-4-2-3-5-16(15)20/h2-9,12H,10-11H2,1H3/b17-12-. The van der Waals surface area contributed by atoms with Gasteiger partial charge in [0.05, 0.1) is 0 Å². The van der Waals surface area contributed by atoms with Crippen LogP contribution in [0, 0.1) is 12.7 Å². The summed E-state index contributed by atoms with van der Waals surface area (Å²) in [6.07, 6.45) is 2.68. The number of rotatable bonds is 4. The maximum atomic E-state index is 13.6. The molecular weight excluding hydrogens is 293 g/mol. The van der Waals surface area contributed by atoms with E-state index in [0.717, 1.165) is 12.0 Å². The van der Waals surface area contributed by atoms with Gasteiger partial charge in [-0.3, -0.25) is 0 Å². The summed E-state index contributed by atoms with van der Waals surface area (Å²) in [6, 6.07) is 14.4. The second-order valence-electron chi connectivity index (χ2n) is 5.43. The summed E-state index contributed by atoms with van der Waals surface area (Å²) in [6.45, 7) is 2.03. The first-order valence-corrected chi connectivity index (χ1v) is 7.43. The van der Waals surface area contributed by atoms with Crippen molar-refractivity contribution in [3.63, 3.8) is 0 Å². The van der Waals surface area contributed by atoms with E-state index in [0.29, 0.717) is 17.9 Å². The highest BCUT2D eigenvalue weighted by molar-refractivity contribution is 6.07. The molecule has 1 heterocycles. The molecule has 0 aromatic heterocycles. The van der Waals surface area contributed by atoms with Crippen molar-refractivity contribution < 1.29 is 13.9 Å². The molecule has 0 saturated carbocycles. The van der Waals surface area contributed by atoms with Gasteiger partial charge in [0.2, 0.25) is 0 Å². The molecule has 116 valence electrons. The fraction of sp³-hybridized carbons (Fsp3) is 0.158. The number of cyclic esters (lactones) is 1. The Bertz CT molecular complexity index is 791. The summed E-state index contributed by atoms with van der Waals surface area (Å²) in [5.74, 6) is -0.554. The Morgan fingerprint density at radius 2 is 1.83 bits per heavy atom. The molecule has 3 nitrogen and oxygen atoms in total. The molecule has 0 aliphatic carbocycles. The van der Waals surface area contributed by atoms with Gasteiger partial charge >= 0.3 is 5.97 Å². The second kappa shape index (κ2) is 6.57. The Hall–Kier alpha value is -2.75. The molecule has 0 saturated heterocycles. The molecule has 2 aromatic rings. The van der Waals surface area contributed by atoms with Crippen LogP contribution in [0.4, 0.5) is 4.39 Å². The Morgan fingerprint density at radius 3 is 2.57 bits per heavy atom. The summed E-state index contributed by atoms with van der Waals surface area (Å²) < 4.78 is 18.8. The van der Waals surface area contributed by atoms with E-state index in [1.807, 2.05) is 31.2 Å². The van der Waals surface area contributed by atoms with Gasteiger partial charge in [-0.1, -0.05) is 48.0 Å². The average Bonchev–Trinajstić information content (AvgIpc) is 2.89. The summed E-state index contributed by atoms with van der Waals surface area (Å²) in [4.78, 5) is 16.0. The van der Waals surface area contributed by atoms with Gasteiger partial charge in [-0.15, -0.1) is 0 Å². The van der Waals surface area contributed by atoms with E-state index in [-0.39, 0.29) is 5.70 Å². The second-order valence-corrected chi connectivity index (χ2v) is 5.43. The topological polar surface area (TPSA) is 38.7 Å². The minimum atomic E-state index is -0.535. The van der Waals surface area contributed by atoms with E-state index in [1.54, 1.807) is 18.2 Å². The van der Waals surface area contributed by atoms with Gasteiger partial charge in [0.25, 0.3) is 0 Å². The lowest BCUT2D eigenvalue weighted by Crippen LogP contribution is -2.05. The molecule has 4 heteroatoms. The zero-order chi connectivity index (χ0) is 16.2. The number of aliphatic imine (C=N–C) groups is 1. The first-order chi connectivity index (χ1) is 11.1. The zero-order valence-corrected chi connectivity index (χ0v) is 12.8. The van der Waals surface area contributed by atoms with Crippen LogP contribution in [0.25, 0.3) is 6.08 Å². The molecule has 2 aromatic carbocycles. The van der Waals surface area contributed by atoms with Gasteiger partial charge in [0, 0.05) is 12.0 Å². The smallest absolute Gasteiger partial charge is 0.363 e. The Balaban J connectivity index is 1.71. The van der Waals surface area contributed by atoms with Crippen molar-refractivity contribution >= 4 is 17.9 Å². The van der Waals surface area contributed by atoms with Crippen molar-refractivity contribution in [1.82, 2.24) is 0 Å². The van der Waals surface area contributed by atoms with Crippen LogP contribution in [0.2, 0.25) is 0 Å². The predicted octanol–water partition coefficient (Wildman–Crippen LogP) is 4.06. The minimum absolute atomic E-state index is 0.133. The number of nitrogens with zero attached hydrogens (tertiary/aromatic N) is 1. The zero-order valence-electron chi connectivity index (χ0n) is 12.8. The molecule has 0 amide bonds. The fourth-order valence-corrected chi connectivity index (χ4v) is 2.31. The highest BCUT2D eigenvalue weighted by Crippen LogP contribution is 2.19. The van der Waals surface area contributed by atoms with E-state index in [2.05, 4.69) is 4.99 Å². The lowest BCUT2D eigenvalue weighted by atomic mass is 10.1. The number of benzene rings is 2. The van der Waals surface area contributed by atoms with Crippen LogP contribution >= 0.6 is 0 Å². The number of esters is 1. The molecule has 0 fully saturated rings. The molecule has 23 heavy (non-hydrogen) atoms. The number of carbonyl (C=O) groups excluding carboxylic acids is 1. The third-order valence-corrected chi connectivity index (χ3v) is 3.61. The van der Waals surface area contributed by atoms with Crippen molar-refractivity contribution in [2.24, 2.45) is 4.99 Å². The number of halogens is 1. The van der Waals surface area contributed by atoms with Gasteiger partial charge in [0.15, 0.2) is 11.6 Å². The van der Waals surface area contributed by atoms with Crippen LogP contribution in [0.1, 0.15) is 23.1 Å². The molecule has 0 atom stereocenters. The first kappa shape index (κ1) is 15.2. The van der Waals surface area contributed by atoms with Gasteiger partial charge in [-0.2, -0.15) is 0 Å². The number of hydrogen-bond donors (Lipinski definition) is 0. The monoisotopic (exact) mass is 309 g/mol. The largest absolute Gasteiger partial charge is 0.407 e. The van der Waals surface area contributed by atoms with Crippen LogP contribution in [0.5, 0.6) is 0 Å². The molecule has 1 aliphatic heterocycles. The molecule has 0 N–H and O–H groups in total. The summed E-state index contributed by atoms with van der Waals surface area (Å²) in [7, 11) is 0. The molecule has 3 rings (SSSR count). The van der Waals surface area contributed by atoms with Gasteiger partial charge in [-0.05, 0) is 31.1 Å². The van der Waals surface area contributed by atoms with E-state index >= 15 is 0 Å². The molecule has 1 aliphatic rings. The normalized spacial score (nSPS) is 15.7. The lowest BCUT2D eigenvalue weighted by molar-refractivity contribution is -0.130. The van der Waals surface area contributed by atoms with Crippen LogP contribution in [-0.2, 0) is 16.0 Å². The SMILES string of the molecule is Cc1ccc(CCC2=N/C(=C\c3ccccc3F)C(=O)O2)cc1. The minimum Gasteiger partial charge on any atom is -0.407 e. The molecule has 0 radical (unpaired) electrons. The Kier molecular flexibility index (Phi) is 4.33. The third-order valence-electron chi connectivity index (χ3n) is 3.61. The van der Waals surface area contributed by atoms with Gasteiger partial charge in [-0.25, -0.2) is 14.2 Å². The molecule has 0 spiro atoms. The first-order valence-electron chi connectivity index (χ1n) is 7.43. The quantitative estimate of drug-likeness (QED) is 0.631. The average molecular weight is 309 g/mol. The highest BCUT2D eigenvalue weighted by atomic mass is 19.1. The van der Waals surface area contributed by atoms with E-state index in [4.69, 9.17) is 4.74 Å². The van der Waals surface area contributed by atoms with Crippen LogP contribution in [0.15, 0.2) is 59.2 Å². The number of carbonyl (C=O) groups is 1. The van der Waals surface area contributed by atoms with Gasteiger partial charge in [0.1, 0.15) is 5.82 Å². The maximum Gasteiger partial charge on any atom is 0.363 e. The van der Waals surface area contributed by atoms with Crippen molar-refractivity contribution in [3.8, 4) is 0 Å². The summed E-state index contributed by atoms with van der Waals surface area (Å²) in [5, 5.41) is 0. The van der Waals surface area contributed by atoms with E-state index in [1.165, 1.54) is 17.7 Å². The highest BCUT2D eigenvalue weighted by Gasteiger charge is 2.22. The fourth-order valence-electron chi connectivity index (χ4n) is 2.31. The van der Waals surface area contributed by atoms with Crippen molar-refractivity contribution in [3.05, 3.63) is 76.7 Å². The maximum absolute atomic E-state index is 13.6. The van der Waals surface area contributed by atoms with Crippen molar-refractivity contribution in [2.75, 3.05) is 0 Å². The number of hydrogen-bond acceptors (Lipinski definition) is 3. The molecule has 0 unspecified atom stereocenters. The third kappa shape index (κ3) is 3.72. The Morgan fingerprint density at radius 1 is 1.09 bits per heavy atom. The number of ether oxygens (including phenoxy) is 1.